The van der Waals surface area contributed by atoms with Crippen LogP contribution in [0.1, 0.15) is 11.1 Å². The maximum Gasteiger partial charge on any atom is 0.387 e. The Bertz CT molecular complexity index is 821. The van der Waals surface area contributed by atoms with Crippen LogP contribution in [0.4, 0.5) is 8.78 Å². The van der Waals surface area contributed by atoms with Crippen LogP contribution in [-0.2, 0) is 16.1 Å². The molecule has 2 aromatic rings. The minimum atomic E-state index is -2.88. The van der Waals surface area contributed by atoms with E-state index in [1.165, 1.54) is 24.3 Å². The second kappa shape index (κ2) is 8.05. The normalized spacial score (nSPS) is 12.6. The van der Waals surface area contributed by atoms with Gasteiger partial charge in [0.2, 0.25) is 6.79 Å². The van der Waals surface area contributed by atoms with Gasteiger partial charge in [0.15, 0.2) is 11.5 Å². The van der Waals surface area contributed by atoms with Crippen LogP contribution in [0.25, 0.3) is 6.08 Å². The van der Waals surface area contributed by atoms with Crippen molar-refractivity contribution in [3.63, 3.8) is 0 Å². The van der Waals surface area contributed by atoms with Crippen LogP contribution in [0.2, 0.25) is 5.02 Å². The third-order valence-corrected chi connectivity index (χ3v) is 3.67. The molecule has 0 bridgehead atoms. The van der Waals surface area contributed by atoms with Crippen LogP contribution in [0.5, 0.6) is 17.2 Å². The van der Waals surface area contributed by atoms with E-state index in [1.807, 2.05) is 0 Å². The number of halogens is 3. The van der Waals surface area contributed by atoms with Crippen molar-refractivity contribution in [2.45, 2.75) is 13.2 Å². The van der Waals surface area contributed by atoms with E-state index in [0.29, 0.717) is 27.6 Å². The molecule has 0 spiro atoms. The number of benzene rings is 2. The summed E-state index contributed by atoms with van der Waals surface area (Å²) < 4.78 is 44.0. The molecule has 0 amide bonds. The van der Waals surface area contributed by atoms with E-state index >= 15 is 0 Å². The lowest BCUT2D eigenvalue weighted by Crippen LogP contribution is -2.01. The first-order valence-corrected chi connectivity index (χ1v) is 7.87. The van der Waals surface area contributed by atoms with Crippen LogP contribution in [-0.4, -0.2) is 19.4 Å². The second-order valence-electron chi connectivity index (χ2n) is 5.20. The maximum atomic E-state index is 12.1. The van der Waals surface area contributed by atoms with Gasteiger partial charge >= 0.3 is 12.6 Å². The first-order chi connectivity index (χ1) is 12.5. The van der Waals surface area contributed by atoms with Crippen LogP contribution in [0.3, 0.4) is 0 Å². The molecule has 2 aromatic carbocycles. The second-order valence-corrected chi connectivity index (χ2v) is 5.61. The smallest absolute Gasteiger partial charge is 0.387 e. The van der Waals surface area contributed by atoms with Crippen molar-refractivity contribution >= 4 is 23.6 Å². The zero-order chi connectivity index (χ0) is 18.5. The molecule has 0 N–H and O–H groups in total. The van der Waals surface area contributed by atoms with Gasteiger partial charge in [-0.25, -0.2) is 4.79 Å². The molecule has 0 saturated heterocycles. The minimum Gasteiger partial charge on any atom is -0.458 e. The topological polar surface area (TPSA) is 54.0 Å². The molecule has 1 heterocycles. The number of carbonyl (C=O) groups is 1. The molecule has 1 aliphatic rings. The van der Waals surface area contributed by atoms with Crippen LogP contribution < -0.4 is 14.2 Å². The molecule has 1 aliphatic heterocycles. The Balaban J connectivity index is 1.54. The number of ether oxygens (including phenoxy) is 4. The summed E-state index contributed by atoms with van der Waals surface area (Å²) in [7, 11) is 0. The standard InChI is InChI=1S/C18H13ClF2O5/c19-14-7-12(8-15-17(14)25-10-24-15)9-23-16(22)6-3-11-1-4-13(5-2-11)26-18(20)21/h1-8,18H,9-10H2/b6-3+. The fourth-order valence-corrected chi connectivity index (χ4v) is 2.52. The maximum absolute atomic E-state index is 12.1. The van der Waals surface area contributed by atoms with Crippen molar-refractivity contribution in [1.29, 1.82) is 0 Å². The molecule has 3 rings (SSSR count). The number of hydrogen-bond donors (Lipinski definition) is 0. The van der Waals surface area contributed by atoms with E-state index in [1.54, 1.807) is 24.3 Å². The van der Waals surface area contributed by atoms with Crippen molar-refractivity contribution < 1.29 is 32.5 Å². The van der Waals surface area contributed by atoms with Gasteiger partial charge in [-0.2, -0.15) is 8.78 Å². The molecule has 5 nitrogen and oxygen atoms in total. The number of esters is 1. The third kappa shape index (κ3) is 4.64. The van der Waals surface area contributed by atoms with Gasteiger partial charge in [-0.1, -0.05) is 23.7 Å². The number of rotatable bonds is 6. The first-order valence-electron chi connectivity index (χ1n) is 7.49. The van der Waals surface area contributed by atoms with Gasteiger partial charge in [0, 0.05) is 6.08 Å². The fourth-order valence-electron chi connectivity index (χ4n) is 2.23. The lowest BCUT2D eigenvalue weighted by Gasteiger charge is -2.05. The van der Waals surface area contributed by atoms with Gasteiger partial charge in [0.25, 0.3) is 0 Å². The van der Waals surface area contributed by atoms with Crippen LogP contribution >= 0.6 is 11.6 Å². The number of carbonyl (C=O) groups excluding carboxylic acids is 1. The van der Waals surface area contributed by atoms with Crippen molar-refractivity contribution in [2.24, 2.45) is 0 Å². The van der Waals surface area contributed by atoms with E-state index in [-0.39, 0.29) is 19.1 Å². The highest BCUT2D eigenvalue weighted by atomic mass is 35.5. The average molecular weight is 383 g/mol. The summed E-state index contributed by atoms with van der Waals surface area (Å²) in [6.45, 7) is -2.76. The zero-order valence-electron chi connectivity index (χ0n) is 13.3. The molecule has 0 atom stereocenters. The molecular formula is C18H13ClF2O5. The molecule has 0 saturated carbocycles. The van der Waals surface area contributed by atoms with Gasteiger partial charge in [0.1, 0.15) is 12.4 Å². The van der Waals surface area contributed by atoms with Crippen LogP contribution in [0, 0.1) is 0 Å². The number of fused-ring (bicyclic) bond motifs is 1. The Morgan fingerprint density at radius 3 is 2.73 bits per heavy atom. The van der Waals surface area contributed by atoms with E-state index in [9.17, 15) is 13.6 Å². The summed E-state index contributed by atoms with van der Waals surface area (Å²) in [5.41, 5.74) is 1.30. The predicted molar refractivity (Wildman–Crippen MR) is 89.5 cm³/mol. The lowest BCUT2D eigenvalue weighted by atomic mass is 10.2. The largest absolute Gasteiger partial charge is 0.458 e. The van der Waals surface area contributed by atoms with E-state index < -0.39 is 12.6 Å². The number of hydrogen-bond acceptors (Lipinski definition) is 5. The van der Waals surface area contributed by atoms with Gasteiger partial charge < -0.3 is 18.9 Å². The summed E-state index contributed by atoms with van der Waals surface area (Å²) >= 11 is 6.06. The summed E-state index contributed by atoms with van der Waals surface area (Å²) in [4.78, 5) is 11.8. The summed E-state index contributed by atoms with van der Waals surface area (Å²) in [5, 5.41) is 0.382. The zero-order valence-corrected chi connectivity index (χ0v) is 14.0. The van der Waals surface area contributed by atoms with E-state index in [4.69, 9.17) is 25.8 Å². The van der Waals surface area contributed by atoms with Gasteiger partial charge in [-0.3, -0.25) is 0 Å². The van der Waals surface area contributed by atoms with E-state index in [2.05, 4.69) is 4.74 Å². The SMILES string of the molecule is O=C(/C=C/c1ccc(OC(F)F)cc1)OCc1cc(Cl)c2c(c1)OCO2. The molecule has 0 unspecified atom stereocenters. The highest BCUT2D eigenvalue weighted by Crippen LogP contribution is 2.39. The van der Waals surface area contributed by atoms with Crippen molar-refractivity contribution in [3.05, 3.63) is 58.6 Å². The van der Waals surface area contributed by atoms with Gasteiger partial charge in [-0.15, -0.1) is 0 Å². The predicted octanol–water partition coefficient (Wildman–Crippen LogP) is 4.43. The molecule has 26 heavy (non-hydrogen) atoms. The molecule has 0 radical (unpaired) electrons. The van der Waals surface area contributed by atoms with Crippen LogP contribution in [0.15, 0.2) is 42.5 Å². The monoisotopic (exact) mass is 382 g/mol. The first kappa shape index (κ1) is 18.0. The lowest BCUT2D eigenvalue weighted by molar-refractivity contribution is -0.138. The highest BCUT2D eigenvalue weighted by Gasteiger charge is 2.18. The molecule has 0 aromatic heterocycles. The molecule has 0 fully saturated rings. The Morgan fingerprint density at radius 2 is 2.00 bits per heavy atom. The van der Waals surface area contributed by atoms with Crippen molar-refractivity contribution in [2.75, 3.05) is 6.79 Å². The van der Waals surface area contributed by atoms with E-state index in [0.717, 1.165) is 0 Å². The summed E-state index contributed by atoms with van der Waals surface area (Å²) in [6, 6.07) is 9.16. The molecular weight excluding hydrogens is 370 g/mol. The molecule has 136 valence electrons. The molecule has 8 heteroatoms. The van der Waals surface area contributed by atoms with Crippen molar-refractivity contribution in [1.82, 2.24) is 0 Å². The third-order valence-electron chi connectivity index (χ3n) is 3.39. The minimum absolute atomic E-state index is 0.0146. The quantitative estimate of drug-likeness (QED) is 0.546. The Hall–Kier alpha value is -2.80. The summed E-state index contributed by atoms with van der Waals surface area (Å²) in [5.74, 6) is 0.456. The average Bonchev–Trinajstić information content (AvgIpc) is 3.08. The van der Waals surface area contributed by atoms with Gasteiger partial charge in [0.05, 0.1) is 5.02 Å². The Labute approximate surface area is 152 Å². The fraction of sp³-hybridized carbons (Fsp3) is 0.167. The molecule has 0 aliphatic carbocycles. The summed E-state index contributed by atoms with van der Waals surface area (Å²) in [6.07, 6.45) is 2.73. The Morgan fingerprint density at radius 1 is 1.23 bits per heavy atom. The highest BCUT2D eigenvalue weighted by molar-refractivity contribution is 6.32. The number of alkyl halides is 2. The van der Waals surface area contributed by atoms with Crippen molar-refractivity contribution in [3.8, 4) is 17.2 Å². The Kier molecular flexibility index (Phi) is 5.58. The van der Waals surface area contributed by atoms with Gasteiger partial charge in [-0.05, 0) is 41.5 Å².